The molecule has 0 unspecified atom stereocenters. The Morgan fingerprint density at radius 3 is 2.50 bits per heavy atom. The lowest BCUT2D eigenvalue weighted by molar-refractivity contribution is -0.133. The van der Waals surface area contributed by atoms with Gasteiger partial charge in [0.15, 0.2) is 5.16 Å². The Morgan fingerprint density at radius 1 is 1.44 bits per heavy atom. The normalized spacial score (nSPS) is 11.4. The molecule has 0 atom stereocenters. The molecule has 18 heavy (non-hydrogen) atoms. The number of rotatable bonds is 7. The molecule has 4 nitrogen and oxygen atoms in total. The van der Waals surface area contributed by atoms with Crippen LogP contribution in [0.1, 0.15) is 58.2 Å². The summed E-state index contributed by atoms with van der Waals surface area (Å²) >= 11 is 1.30. The van der Waals surface area contributed by atoms with Gasteiger partial charge in [0.1, 0.15) is 0 Å². The van der Waals surface area contributed by atoms with E-state index in [-0.39, 0.29) is 5.75 Å². The highest BCUT2D eigenvalue weighted by atomic mass is 32.2. The first-order valence-corrected chi connectivity index (χ1v) is 7.41. The minimum atomic E-state index is -0.801. The van der Waals surface area contributed by atoms with Gasteiger partial charge in [-0.15, -0.1) is 0 Å². The molecule has 102 valence electrons. The third-order valence-corrected chi connectivity index (χ3v) is 3.97. The Labute approximate surface area is 113 Å². The highest BCUT2D eigenvalue weighted by molar-refractivity contribution is 7.99. The van der Waals surface area contributed by atoms with Gasteiger partial charge in [-0.1, -0.05) is 39.5 Å². The maximum Gasteiger partial charge on any atom is 0.313 e. The molecule has 0 fully saturated rings. The minimum absolute atomic E-state index is 0.0642. The number of aliphatic carboxylic acids is 1. The summed E-state index contributed by atoms with van der Waals surface area (Å²) in [5, 5.41) is 9.61. The van der Waals surface area contributed by atoms with E-state index in [0.29, 0.717) is 12.0 Å². The van der Waals surface area contributed by atoms with Crippen molar-refractivity contribution in [3.63, 3.8) is 0 Å². The fraction of sp³-hybridized carbons (Fsp3) is 0.692. The molecule has 0 spiro atoms. The lowest BCUT2D eigenvalue weighted by Crippen LogP contribution is -2.13. The van der Waals surface area contributed by atoms with Crippen LogP contribution in [0.3, 0.4) is 0 Å². The van der Waals surface area contributed by atoms with E-state index in [4.69, 9.17) is 5.11 Å². The van der Waals surface area contributed by atoms with Gasteiger partial charge in [0.2, 0.25) is 0 Å². The lowest BCUT2D eigenvalue weighted by Gasteiger charge is -2.21. The Bertz CT molecular complexity index is 398. The van der Waals surface area contributed by atoms with E-state index in [9.17, 15) is 4.79 Å². The number of hydrogen-bond acceptors (Lipinski definition) is 3. The predicted molar refractivity (Wildman–Crippen MR) is 74.3 cm³/mol. The maximum atomic E-state index is 10.7. The van der Waals surface area contributed by atoms with Crippen LogP contribution in [0.25, 0.3) is 0 Å². The van der Waals surface area contributed by atoms with Crippen LogP contribution in [-0.4, -0.2) is 26.4 Å². The molecule has 5 heteroatoms. The maximum absolute atomic E-state index is 10.7. The average Bonchev–Trinajstić information content (AvgIpc) is 2.72. The second-order valence-corrected chi connectivity index (χ2v) is 5.59. The van der Waals surface area contributed by atoms with E-state index < -0.39 is 5.97 Å². The third kappa shape index (κ3) is 3.51. The van der Waals surface area contributed by atoms with Crippen LogP contribution in [-0.2, 0) is 4.79 Å². The first-order chi connectivity index (χ1) is 8.51. The van der Waals surface area contributed by atoms with E-state index in [2.05, 4.69) is 37.2 Å². The van der Waals surface area contributed by atoms with E-state index >= 15 is 0 Å². The molecule has 0 aliphatic rings. The number of carbonyl (C=O) groups is 1. The van der Waals surface area contributed by atoms with Gasteiger partial charge in [0, 0.05) is 17.9 Å². The van der Waals surface area contributed by atoms with Crippen molar-refractivity contribution in [1.29, 1.82) is 0 Å². The van der Waals surface area contributed by atoms with Crippen molar-refractivity contribution in [2.24, 2.45) is 0 Å². The summed E-state index contributed by atoms with van der Waals surface area (Å²) in [5.41, 5.74) is 1.19. The number of carboxylic acids is 1. The monoisotopic (exact) mass is 270 g/mol. The van der Waals surface area contributed by atoms with Crippen LogP contribution >= 0.6 is 11.8 Å². The molecule has 0 saturated carbocycles. The quantitative estimate of drug-likeness (QED) is 0.770. The molecule has 0 aromatic carbocycles. The first-order valence-electron chi connectivity index (χ1n) is 6.42. The first kappa shape index (κ1) is 15.1. The lowest BCUT2D eigenvalue weighted by atomic mass is 10.1. The highest BCUT2D eigenvalue weighted by Gasteiger charge is 2.19. The highest BCUT2D eigenvalue weighted by Crippen LogP contribution is 2.30. The number of imidazole rings is 1. The Hall–Kier alpha value is -0.970. The van der Waals surface area contributed by atoms with Gasteiger partial charge in [0.05, 0.1) is 5.75 Å². The van der Waals surface area contributed by atoms with Gasteiger partial charge in [-0.05, 0) is 18.8 Å². The van der Waals surface area contributed by atoms with Crippen LogP contribution in [0.15, 0.2) is 11.4 Å². The second kappa shape index (κ2) is 6.83. The number of thioether (sulfide) groups is 1. The van der Waals surface area contributed by atoms with Crippen molar-refractivity contribution in [1.82, 2.24) is 9.55 Å². The summed E-state index contributed by atoms with van der Waals surface area (Å²) in [5.74, 6) is -0.336. The Balaban J connectivity index is 3.06. The van der Waals surface area contributed by atoms with Crippen molar-refractivity contribution in [3.05, 3.63) is 11.9 Å². The molecule has 0 bridgehead atoms. The van der Waals surface area contributed by atoms with Gasteiger partial charge in [-0.25, -0.2) is 4.98 Å². The second-order valence-electron chi connectivity index (χ2n) is 4.64. The topological polar surface area (TPSA) is 55.1 Å². The standard InChI is InChI=1S/C13H22N2O2S/c1-5-10(6-2)15-11(9(3)4)7-14-13(15)18-8-12(16)17/h7,9-10H,5-6,8H2,1-4H3,(H,16,17). The summed E-state index contributed by atoms with van der Waals surface area (Å²) in [6.07, 6.45) is 3.95. The largest absolute Gasteiger partial charge is 0.481 e. The molecule has 0 radical (unpaired) electrons. The Morgan fingerprint density at radius 2 is 2.06 bits per heavy atom. The van der Waals surface area contributed by atoms with Crippen LogP contribution in [0.2, 0.25) is 0 Å². The van der Waals surface area contributed by atoms with Gasteiger partial charge < -0.3 is 9.67 Å². The summed E-state index contributed by atoms with van der Waals surface area (Å²) in [7, 11) is 0. The fourth-order valence-electron chi connectivity index (χ4n) is 2.04. The zero-order chi connectivity index (χ0) is 13.7. The number of carboxylic acid groups (broad SMARTS) is 1. The van der Waals surface area contributed by atoms with Crippen LogP contribution in [0.5, 0.6) is 0 Å². The zero-order valence-electron chi connectivity index (χ0n) is 11.5. The third-order valence-electron chi connectivity index (χ3n) is 3.02. The molecule has 0 saturated heterocycles. The summed E-state index contributed by atoms with van der Waals surface area (Å²) < 4.78 is 2.22. The molecule has 1 aromatic rings. The molecule has 0 aliphatic carbocycles. The van der Waals surface area contributed by atoms with Crippen LogP contribution in [0, 0.1) is 0 Å². The van der Waals surface area contributed by atoms with Gasteiger partial charge in [-0.3, -0.25) is 4.79 Å². The molecule has 1 aromatic heterocycles. The average molecular weight is 270 g/mol. The van der Waals surface area contributed by atoms with Crippen molar-refractivity contribution < 1.29 is 9.90 Å². The van der Waals surface area contributed by atoms with Crippen LogP contribution in [0.4, 0.5) is 0 Å². The van der Waals surface area contributed by atoms with E-state index in [1.54, 1.807) is 0 Å². The number of aromatic nitrogens is 2. The van der Waals surface area contributed by atoms with Gasteiger partial charge >= 0.3 is 5.97 Å². The molecular weight excluding hydrogens is 248 g/mol. The van der Waals surface area contributed by atoms with Gasteiger partial charge in [0.25, 0.3) is 0 Å². The van der Waals surface area contributed by atoms with Crippen LogP contribution < -0.4 is 0 Å². The molecule has 0 aliphatic heterocycles. The summed E-state index contributed by atoms with van der Waals surface area (Å²) in [6, 6.07) is 0.404. The molecule has 1 rings (SSSR count). The predicted octanol–water partition coefficient (Wildman–Crippen LogP) is 3.54. The number of hydrogen-bond donors (Lipinski definition) is 1. The molecule has 1 heterocycles. The zero-order valence-corrected chi connectivity index (χ0v) is 12.3. The van der Waals surface area contributed by atoms with Crippen molar-refractivity contribution in [3.8, 4) is 0 Å². The fourth-order valence-corrected chi connectivity index (χ4v) is 2.81. The SMILES string of the molecule is CCC(CC)n1c(C(C)C)cnc1SCC(=O)O. The molecule has 1 N–H and O–H groups in total. The smallest absolute Gasteiger partial charge is 0.313 e. The number of nitrogens with zero attached hydrogens (tertiary/aromatic N) is 2. The van der Waals surface area contributed by atoms with Crippen molar-refractivity contribution >= 4 is 17.7 Å². The van der Waals surface area contributed by atoms with E-state index in [1.165, 1.54) is 17.5 Å². The van der Waals surface area contributed by atoms with Gasteiger partial charge in [-0.2, -0.15) is 0 Å². The Kier molecular flexibility index (Phi) is 5.72. The molecule has 0 amide bonds. The van der Waals surface area contributed by atoms with E-state index in [0.717, 1.165) is 18.0 Å². The summed E-state index contributed by atoms with van der Waals surface area (Å²) in [4.78, 5) is 15.1. The van der Waals surface area contributed by atoms with Crippen molar-refractivity contribution in [2.45, 2.75) is 57.7 Å². The van der Waals surface area contributed by atoms with Crippen molar-refractivity contribution in [2.75, 3.05) is 5.75 Å². The van der Waals surface area contributed by atoms with E-state index in [1.807, 2.05) is 6.20 Å². The summed E-state index contributed by atoms with van der Waals surface area (Å²) in [6.45, 7) is 8.59. The minimum Gasteiger partial charge on any atom is -0.481 e. The molecular formula is C13H22N2O2S.